The summed E-state index contributed by atoms with van der Waals surface area (Å²) in [6, 6.07) is 8.20. The maximum absolute atomic E-state index is 13.9. The van der Waals surface area contributed by atoms with Crippen molar-refractivity contribution in [2.45, 2.75) is 78.9 Å². The smallest absolute Gasteiger partial charge is 0.245 e. The number of hydrogen-bond donors (Lipinski definition) is 2. The number of aromatic nitrogens is 1. The number of likely N-dealkylation sites (N-methyl/N-ethyl adjacent to an activating group) is 2. The third kappa shape index (κ3) is 7.38. The van der Waals surface area contributed by atoms with Crippen LogP contribution in [0.25, 0.3) is 0 Å². The molecule has 38 heavy (non-hydrogen) atoms. The van der Waals surface area contributed by atoms with Crippen molar-refractivity contribution in [1.29, 1.82) is 0 Å². The molecule has 0 radical (unpaired) electrons. The summed E-state index contributed by atoms with van der Waals surface area (Å²) in [4.78, 5) is 46.2. The molecule has 1 heterocycles. The number of hydrogen-bond acceptors (Lipinski definition) is 6. The van der Waals surface area contributed by atoms with E-state index >= 15 is 0 Å². The van der Waals surface area contributed by atoms with Gasteiger partial charge in [-0.1, -0.05) is 84.9 Å². The lowest BCUT2D eigenvalue weighted by Crippen LogP contribution is -2.61. The van der Waals surface area contributed by atoms with Crippen LogP contribution in [0, 0.1) is 11.3 Å². The van der Waals surface area contributed by atoms with Gasteiger partial charge in [0.25, 0.3) is 0 Å². The standard InChI is InChI=1S/C30H44N4O3S/c1-19(2)22(18-20(3)23(35)27-32-16-17-38-27)34(10)28(37)25(29(4,5)6)33-26(36)24(31-9)30(7,8)21-14-12-11-13-15-21/h11-19,22,24-25,31H,1-10H3,(H,33,36)/t22-,24-,25-/m1/s1. The molecule has 208 valence electrons. The first-order valence-electron chi connectivity index (χ1n) is 13.0. The Morgan fingerprint density at radius 1 is 1.03 bits per heavy atom. The highest BCUT2D eigenvalue weighted by molar-refractivity contribution is 7.11. The molecule has 0 unspecified atom stereocenters. The van der Waals surface area contributed by atoms with E-state index < -0.39 is 22.9 Å². The lowest BCUT2D eigenvalue weighted by atomic mass is 9.76. The molecule has 3 atom stereocenters. The Hall–Kier alpha value is -2.84. The first-order chi connectivity index (χ1) is 17.6. The molecule has 0 aliphatic heterocycles. The average Bonchev–Trinajstić information content (AvgIpc) is 3.39. The van der Waals surface area contributed by atoms with Gasteiger partial charge in [0, 0.05) is 24.0 Å². The van der Waals surface area contributed by atoms with Crippen molar-refractivity contribution in [3.63, 3.8) is 0 Å². The van der Waals surface area contributed by atoms with E-state index in [1.807, 2.05) is 84.9 Å². The van der Waals surface area contributed by atoms with Crippen molar-refractivity contribution in [2.75, 3.05) is 14.1 Å². The maximum atomic E-state index is 13.9. The van der Waals surface area contributed by atoms with Crippen LogP contribution in [0.1, 0.15) is 70.8 Å². The first-order valence-corrected chi connectivity index (χ1v) is 13.9. The average molecular weight is 541 g/mol. The number of carbonyl (C=O) groups excluding carboxylic acids is 3. The minimum absolute atomic E-state index is 0.0429. The fourth-order valence-electron chi connectivity index (χ4n) is 4.67. The van der Waals surface area contributed by atoms with Crippen molar-refractivity contribution < 1.29 is 14.4 Å². The summed E-state index contributed by atoms with van der Waals surface area (Å²) in [7, 11) is 3.50. The molecular formula is C30H44N4O3S. The molecule has 0 aliphatic carbocycles. The Morgan fingerprint density at radius 2 is 1.63 bits per heavy atom. The normalized spacial score (nSPS) is 15.1. The third-order valence-electron chi connectivity index (χ3n) is 7.07. The van der Waals surface area contributed by atoms with Gasteiger partial charge in [-0.05, 0) is 36.4 Å². The van der Waals surface area contributed by atoms with Crippen LogP contribution in [0.3, 0.4) is 0 Å². The monoisotopic (exact) mass is 540 g/mol. The zero-order valence-corrected chi connectivity index (χ0v) is 25.3. The Balaban J connectivity index is 2.34. The Morgan fingerprint density at radius 3 is 2.11 bits per heavy atom. The van der Waals surface area contributed by atoms with E-state index in [0.29, 0.717) is 10.6 Å². The number of nitrogens with zero attached hydrogens (tertiary/aromatic N) is 2. The van der Waals surface area contributed by atoms with Crippen LogP contribution in [-0.4, -0.2) is 59.7 Å². The van der Waals surface area contributed by atoms with Crippen LogP contribution in [0.4, 0.5) is 0 Å². The van der Waals surface area contributed by atoms with Gasteiger partial charge in [-0.3, -0.25) is 14.4 Å². The van der Waals surface area contributed by atoms with Crippen molar-refractivity contribution >= 4 is 28.9 Å². The highest BCUT2D eigenvalue weighted by Crippen LogP contribution is 2.29. The van der Waals surface area contributed by atoms with Crippen LogP contribution < -0.4 is 10.6 Å². The molecule has 1 aromatic carbocycles. The number of Topliss-reactive ketones (excluding diaryl/α,β-unsaturated/α-hetero) is 1. The molecule has 0 saturated carbocycles. The molecule has 0 aliphatic rings. The topological polar surface area (TPSA) is 91.4 Å². The van der Waals surface area contributed by atoms with Crippen LogP contribution in [-0.2, 0) is 15.0 Å². The highest BCUT2D eigenvalue weighted by Gasteiger charge is 2.41. The largest absolute Gasteiger partial charge is 0.342 e. The molecule has 2 rings (SSSR count). The number of nitrogens with one attached hydrogen (secondary N) is 2. The number of ketones is 1. The predicted molar refractivity (Wildman–Crippen MR) is 155 cm³/mol. The SMILES string of the molecule is CN[C@H](C(=O)N[C@H](C(=O)N(C)[C@H](C=C(C)C(=O)c1nccs1)C(C)C)C(C)(C)C)C(C)(C)c1ccccc1. The third-order valence-corrected chi connectivity index (χ3v) is 7.85. The van der Waals surface area contributed by atoms with E-state index in [9.17, 15) is 14.4 Å². The summed E-state index contributed by atoms with van der Waals surface area (Å²) in [5, 5.41) is 8.43. The number of carbonyl (C=O) groups is 3. The van der Waals surface area contributed by atoms with Gasteiger partial charge in [-0.15, -0.1) is 11.3 Å². The number of amides is 2. The van der Waals surface area contributed by atoms with E-state index in [1.54, 1.807) is 37.5 Å². The summed E-state index contributed by atoms with van der Waals surface area (Å²) in [5.41, 5.74) is 0.492. The number of rotatable bonds is 11. The molecule has 2 amide bonds. The van der Waals surface area contributed by atoms with Crippen molar-refractivity contribution in [3.05, 3.63) is 64.1 Å². The summed E-state index contributed by atoms with van der Waals surface area (Å²) in [6.07, 6.45) is 3.44. The quantitative estimate of drug-likeness (QED) is 0.314. The number of allylic oxidation sites excluding steroid dienone is 1. The molecule has 0 bridgehead atoms. The Bertz CT molecular complexity index is 1120. The van der Waals surface area contributed by atoms with Crippen LogP contribution >= 0.6 is 11.3 Å². The zero-order chi connectivity index (χ0) is 28.8. The molecule has 0 spiro atoms. The lowest BCUT2D eigenvalue weighted by molar-refractivity contribution is -0.140. The van der Waals surface area contributed by atoms with E-state index in [2.05, 4.69) is 15.6 Å². The lowest BCUT2D eigenvalue weighted by Gasteiger charge is -2.40. The van der Waals surface area contributed by atoms with Gasteiger partial charge in [0.05, 0.1) is 12.1 Å². The van der Waals surface area contributed by atoms with Crippen LogP contribution in [0.5, 0.6) is 0 Å². The van der Waals surface area contributed by atoms with Gasteiger partial charge < -0.3 is 15.5 Å². The zero-order valence-electron chi connectivity index (χ0n) is 24.5. The second-order valence-electron chi connectivity index (χ2n) is 11.8. The second-order valence-corrected chi connectivity index (χ2v) is 12.7. The molecule has 8 heteroatoms. The maximum Gasteiger partial charge on any atom is 0.245 e. The minimum Gasteiger partial charge on any atom is -0.342 e. The summed E-state index contributed by atoms with van der Waals surface area (Å²) in [5.74, 6) is -0.550. The van der Waals surface area contributed by atoms with Gasteiger partial charge in [0.15, 0.2) is 5.01 Å². The van der Waals surface area contributed by atoms with Crippen LogP contribution in [0.15, 0.2) is 53.6 Å². The Kier molecular flexibility index (Phi) is 10.6. The molecular weight excluding hydrogens is 496 g/mol. The van der Waals surface area contributed by atoms with Crippen molar-refractivity contribution in [2.24, 2.45) is 11.3 Å². The molecule has 2 aromatic rings. The van der Waals surface area contributed by atoms with E-state index in [-0.39, 0.29) is 29.6 Å². The van der Waals surface area contributed by atoms with E-state index in [0.717, 1.165) is 5.56 Å². The predicted octanol–water partition coefficient (Wildman–Crippen LogP) is 4.85. The second kappa shape index (κ2) is 12.8. The highest BCUT2D eigenvalue weighted by atomic mass is 32.1. The summed E-state index contributed by atoms with van der Waals surface area (Å²) >= 11 is 1.29. The number of thiazole rings is 1. The fraction of sp³-hybridized carbons (Fsp3) is 0.533. The molecule has 0 fully saturated rings. The van der Waals surface area contributed by atoms with Crippen molar-refractivity contribution in [3.8, 4) is 0 Å². The van der Waals surface area contributed by atoms with Gasteiger partial charge >= 0.3 is 0 Å². The minimum atomic E-state index is -0.771. The van der Waals surface area contributed by atoms with E-state index in [4.69, 9.17) is 0 Å². The van der Waals surface area contributed by atoms with Crippen LogP contribution in [0.2, 0.25) is 0 Å². The molecule has 2 N–H and O–H groups in total. The first kappa shape index (κ1) is 31.4. The van der Waals surface area contributed by atoms with Gasteiger partial charge in [0.1, 0.15) is 6.04 Å². The molecule has 0 saturated heterocycles. The van der Waals surface area contributed by atoms with Crippen molar-refractivity contribution in [1.82, 2.24) is 20.5 Å². The van der Waals surface area contributed by atoms with Gasteiger partial charge in [-0.25, -0.2) is 4.98 Å². The van der Waals surface area contributed by atoms with Gasteiger partial charge in [-0.2, -0.15) is 0 Å². The molecule has 1 aromatic heterocycles. The van der Waals surface area contributed by atoms with E-state index in [1.165, 1.54) is 11.3 Å². The Labute approximate surface area is 232 Å². The van der Waals surface area contributed by atoms with Gasteiger partial charge in [0.2, 0.25) is 17.6 Å². The fourth-order valence-corrected chi connectivity index (χ4v) is 5.31. The summed E-state index contributed by atoms with van der Waals surface area (Å²) < 4.78 is 0. The number of benzene rings is 1. The molecule has 7 nitrogen and oxygen atoms in total. The summed E-state index contributed by atoms with van der Waals surface area (Å²) in [6.45, 7) is 15.6.